The van der Waals surface area contributed by atoms with Gasteiger partial charge in [0, 0.05) is 13.6 Å². The van der Waals surface area contributed by atoms with Crippen molar-refractivity contribution in [2.75, 3.05) is 39.2 Å². The van der Waals surface area contributed by atoms with Crippen LogP contribution in [0.4, 0.5) is 5.69 Å². The van der Waals surface area contributed by atoms with Gasteiger partial charge in [-0.25, -0.2) is 0 Å². The van der Waals surface area contributed by atoms with E-state index in [1.807, 2.05) is 54.4 Å². The van der Waals surface area contributed by atoms with E-state index in [0.717, 1.165) is 11.3 Å². The van der Waals surface area contributed by atoms with E-state index in [2.05, 4.69) is 5.32 Å². The Hall–Kier alpha value is -3.06. The molecule has 0 aromatic heterocycles. The summed E-state index contributed by atoms with van der Waals surface area (Å²) in [5.41, 5.74) is 1.74. The fourth-order valence-corrected chi connectivity index (χ4v) is 3.22. The summed E-state index contributed by atoms with van der Waals surface area (Å²) in [4.78, 5) is 28.6. The highest BCUT2D eigenvalue weighted by molar-refractivity contribution is 5.98. The van der Waals surface area contributed by atoms with E-state index in [0.29, 0.717) is 18.0 Å². The fourth-order valence-electron chi connectivity index (χ4n) is 3.22. The number of anilines is 1. The lowest BCUT2D eigenvalue weighted by atomic mass is 10.1. The number of ether oxygens (including phenoxy) is 2. The molecular formula is C21H25N3O4. The molecule has 3 rings (SSSR count). The van der Waals surface area contributed by atoms with Crippen molar-refractivity contribution in [2.45, 2.75) is 12.6 Å². The number of para-hydroxylation sites is 2. The summed E-state index contributed by atoms with van der Waals surface area (Å²) in [5.74, 6) is 0.978. The second kappa shape index (κ2) is 8.75. The molecule has 1 atom stereocenters. The van der Waals surface area contributed by atoms with Crippen LogP contribution in [-0.2, 0) is 16.1 Å². The highest BCUT2D eigenvalue weighted by Gasteiger charge is 2.33. The average Bonchev–Trinajstić information content (AvgIpc) is 2.72. The topological polar surface area (TPSA) is 71.1 Å². The van der Waals surface area contributed by atoms with E-state index in [4.69, 9.17) is 9.47 Å². The van der Waals surface area contributed by atoms with Gasteiger partial charge in [-0.3, -0.25) is 14.5 Å². The number of hydrogen-bond acceptors (Lipinski definition) is 5. The maximum atomic E-state index is 13.0. The summed E-state index contributed by atoms with van der Waals surface area (Å²) in [6.45, 7) is 1.00. The molecule has 0 bridgehead atoms. The Balaban J connectivity index is 1.72. The zero-order chi connectivity index (χ0) is 20.1. The molecule has 1 N–H and O–H groups in total. The van der Waals surface area contributed by atoms with Crippen LogP contribution in [0.1, 0.15) is 5.56 Å². The molecular weight excluding hydrogens is 358 g/mol. The van der Waals surface area contributed by atoms with E-state index in [1.165, 1.54) is 0 Å². The Morgan fingerprint density at radius 3 is 2.79 bits per heavy atom. The van der Waals surface area contributed by atoms with Crippen LogP contribution in [0.25, 0.3) is 0 Å². The van der Waals surface area contributed by atoms with Crippen LogP contribution < -0.4 is 19.7 Å². The first-order valence-electron chi connectivity index (χ1n) is 9.11. The van der Waals surface area contributed by atoms with E-state index >= 15 is 0 Å². The first-order chi connectivity index (χ1) is 13.5. The second-order valence-electron chi connectivity index (χ2n) is 6.72. The van der Waals surface area contributed by atoms with Gasteiger partial charge in [-0.2, -0.15) is 0 Å². The Labute approximate surface area is 164 Å². The molecule has 0 saturated carbocycles. The lowest BCUT2D eigenvalue weighted by Gasteiger charge is -2.34. The third-order valence-electron chi connectivity index (χ3n) is 4.61. The van der Waals surface area contributed by atoms with Crippen molar-refractivity contribution in [3.63, 3.8) is 0 Å². The maximum Gasteiger partial charge on any atom is 0.262 e. The number of nitrogens with one attached hydrogen (secondary N) is 1. The number of hydrogen-bond donors (Lipinski definition) is 1. The minimum atomic E-state index is -0.729. The lowest BCUT2D eigenvalue weighted by molar-refractivity contribution is -0.128. The molecule has 0 radical (unpaired) electrons. The molecule has 2 aromatic carbocycles. The largest absolute Gasteiger partial charge is 0.497 e. The molecule has 0 aliphatic carbocycles. The molecule has 28 heavy (non-hydrogen) atoms. The monoisotopic (exact) mass is 383 g/mol. The van der Waals surface area contributed by atoms with Gasteiger partial charge in [-0.1, -0.05) is 24.3 Å². The van der Waals surface area contributed by atoms with Crippen LogP contribution >= 0.6 is 0 Å². The lowest BCUT2D eigenvalue weighted by Crippen LogP contribution is -2.51. The summed E-state index contributed by atoms with van der Waals surface area (Å²) in [6, 6.07) is 15.0. The normalized spacial score (nSPS) is 15.6. The summed E-state index contributed by atoms with van der Waals surface area (Å²) in [5, 5.41) is 2.59. The summed E-state index contributed by atoms with van der Waals surface area (Å²) < 4.78 is 11.0. The second-order valence-corrected chi connectivity index (χ2v) is 6.72. The molecule has 0 unspecified atom stereocenters. The Morgan fingerprint density at radius 1 is 1.25 bits per heavy atom. The molecule has 148 valence electrons. The fraction of sp³-hybridized carbons (Fsp3) is 0.333. The maximum absolute atomic E-state index is 13.0. The Kier molecular flexibility index (Phi) is 6.16. The number of amides is 2. The highest BCUT2D eigenvalue weighted by atomic mass is 16.5. The van der Waals surface area contributed by atoms with Gasteiger partial charge in [0.2, 0.25) is 5.91 Å². The van der Waals surface area contributed by atoms with Crippen LogP contribution in [0.2, 0.25) is 0 Å². The number of nitrogens with zero attached hydrogens (tertiary/aromatic N) is 2. The van der Waals surface area contributed by atoms with Gasteiger partial charge in [0.25, 0.3) is 5.91 Å². The van der Waals surface area contributed by atoms with E-state index in [9.17, 15) is 9.59 Å². The third kappa shape index (κ3) is 4.43. The molecule has 1 heterocycles. The van der Waals surface area contributed by atoms with Gasteiger partial charge in [-0.05, 0) is 36.9 Å². The van der Waals surface area contributed by atoms with Crippen LogP contribution in [0.3, 0.4) is 0 Å². The predicted octanol–water partition coefficient (Wildman–Crippen LogP) is 1.67. The molecule has 1 aliphatic heterocycles. The third-order valence-corrected chi connectivity index (χ3v) is 4.61. The van der Waals surface area contributed by atoms with Crippen molar-refractivity contribution in [1.82, 2.24) is 10.2 Å². The highest BCUT2D eigenvalue weighted by Crippen LogP contribution is 2.33. The van der Waals surface area contributed by atoms with Crippen LogP contribution in [-0.4, -0.2) is 57.1 Å². The van der Waals surface area contributed by atoms with Gasteiger partial charge in [0.1, 0.15) is 11.5 Å². The van der Waals surface area contributed by atoms with Crippen molar-refractivity contribution in [3.05, 3.63) is 54.1 Å². The molecule has 2 amide bonds. The number of carbonyl (C=O) groups is 2. The van der Waals surface area contributed by atoms with Crippen LogP contribution in [0.15, 0.2) is 48.5 Å². The van der Waals surface area contributed by atoms with E-state index in [-0.39, 0.29) is 24.9 Å². The predicted molar refractivity (Wildman–Crippen MR) is 107 cm³/mol. The molecule has 0 saturated heterocycles. The number of likely N-dealkylation sites (N-methyl/N-ethyl adjacent to an activating group) is 2. The molecule has 2 aromatic rings. The Bertz CT molecular complexity index is 855. The molecule has 7 heteroatoms. The average molecular weight is 383 g/mol. The molecule has 1 aliphatic rings. The minimum absolute atomic E-state index is 0.0879. The van der Waals surface area contributed by atoms with Crippen molar-refractivity contribution < 1.29 is 19.1 Å². The number of fused-ring (bicyclic) bond motifs is 1. The molecule has 0 fully saturated rings. The minimum Gasteiger partial charge on any atom is -0.497 e. The number of carbonyl (C=O) groups excluding carboxylic acids is 2. The summed E-state index contributed by atoms with van der Waals surface area (Å²) in [7, 11) is 5.07. The van der Waals surface area contributed by atoms with Gasteiger partial charge < -0.3 is 19.7 Å². The van der Waals surface area contributed by atoms with Crippen molar-refractivity contribution in [1.29, 1.82) is 0 Å². The van der Waals surface area contributed by atoms with Gasteiger partial charge in [-0.15, -0.1) is 0 Å². The van der Waals surface area contributed by atoms with Gasteiger partial charge >= 0.3 is 0 Å². The quantitative estimate of drug-likeness (QED) is 0.822. The van der Waals surface area contributed by atoms with Crippen molar-refractivity contribution >= 4 is 17.5 Å². The van der Waals surface area contributed by atoms with Crippen LogP contribution in [0.5, 0.6) is 11.5 Å². The van der Waals surface area contributed by atoms with E-state index < -0.39 is 6.10 Å². The van der Waals surface area contributed by atoms with Crippen LogP contribution in [0, 0.1) is 0 Å². The summed E-state index contributed by atoms with van der Waals surface area (Å²) >= 11 is 0. The van der Waals surface area contributed by atoms with E-state index in [1.54, 1.807) is 25.1 Å². The van der Waals surface area contributed by atoms with Gasteiger partial charge in [0.05, 0.1) is 25.9 Å². The number of rotatable bonds is 6. The van der Waals surface area contributed by atoms with Crippen molar-refractivity contribution in [3.8, 4) is 11.5 Å². The zero-order valence-electron chi connectivity index (χ0n) is 16.3. The smallest absolute Gasteiger partial charge is 0.262 e. The zero-order valence-corrected chi connectivity index (χ0v) is 16.3. The number of methoxy groups -OCH3 is 1. The van der Waals surface area contributed by atoms with Crippen molar-refractivity contribution in [2.24, 2.45) is 0 Å². The Morgan fingerprint density at radius 2 is 2.04 bits per heavy atom. The first-order valence-corrected chi connectivity index (χ1v) is 9.11. The SMILES string of the molecule is CNC(=O)[C@@H]1CN(C(=O)CN(C)Cc2cccc(OC)c2)c2ccccc2O1. The van der Waals surface area contributed by atoms with Gasteiger partial charge in [0.15, 0.2) is 6.10 Å². The molecule has 7 nitrogen and oxygen atoms in total. The summed E-state index contributed by atoms with van der Waals surface area (Å²) in [6.07, 6.45) is -0.729. The number of benzene rings is 2. The first kappa shape index (κ1) is 19.7. The standard InChI is InChI=1S/C21H25N3O4/c1-22-21(26)19-13-24(17-9-4-5-10-18(17)28-19)20(25)14-23(2)12-15-7-6-8-16(11-15)27-3/h4-11,19H,12-14H2,1-3H3,(H,22,26)/t19-/m0/s1. The molecule has 0 spiro atoms.